The molecule has 2 aromatic carbocycles. The number of anilines is 1. The van der Waals surface area contributed by atoms with Crippen LogP contribution < -0.4 is 11.2 Å². The van der Waals surface area contributed by atoms with Crippen molar-refractivity contribution in [2.24, 2.45) is 0 Å². The van der Waals surface area contributed by atoms with Gasteiger partial charge in [-0.25, -0.2) is 4.68 Å². The molecule has 3 aromatic rings. The van der Waals surface area contributed by atoms with E-state index in [0.29, 0.717) is 21.7 Å². The number of halogens is 1. The Balaban J connectivity index is 1.71. The summed E-state index contributed by atoms with van der Waals surface area (Å²) in [6, 6.07) is 14.7. The lowest BCUT2D eigenvalue weighted by molar-refractivity contribution is -0.115. The topological polar surface area (TPSA) is 85.8 Å². The number of aryl methyl sites for hydroxylation is 1. The summed E-state index contributed by atoms with van der Waals surface area (Å²) in [7, 11) is 0. The Morgan fingerprint density at radius 3 is 2.58 bits per heavy atom. The summed E-state index contributed by atoms with van der Waals surface area (Å²) in [5.41, 5.74) is 2.64. The lowest BCUT2D eigenvalue weighted by Crippen LogP contribution is -2.23. The second kappa shape index (κ2) is 7.80. The van der Waals surface area contributed by atoms with Crippen LogP contribution in [0, 0.1) is 6.92 Å². The Morgan fingerprint density at radius 1 is 1.19 bits per heavy atom. The van der Waals surface area contributed by atoms with Gasteiger partial charge in [-0.05, 0) is 43.7 Å². The highest BCUT2D eigenvalue weighted by molar-refractivity contribution is 8.00. The summed E-state index contributed by atoms with van der Waals surface area (Å²) in [5.74, 6) is 6.56. The molecule has 3 rings (SSSR count). The normalized spacial score (nSPS) is 12.0. The van der Waals surface area contributed by atoms with E-state index >= 15 is 0 Å². The molecule has 0 saturated carbocycles. The summed E-state index contributed by atoms with van der Waals surface area (Å²) in [4.78, 5) is 12.4. The zero-order valence-corrected chi connectivity index (χ0v) is 15.9. The van der Waals surface area contributed by atoms with Crippen molar-refractivity contribution in [3.8, 4) is 11.4 Å². The third kappa shape index (κ3) is 4.00. The van der Waals surface area contributed by atoms with Gasteiger partial charge in [0.15, 0.2) is 5.82 Å². The molecule has 1 atom stereocenters. The van der Waals surface area contributed by atoms with Crippen molar-refractivity contribution in [3.63, 3.8) is 0 Å². The molecule has 6 nitrogen and oxygen atoms in total. The monoisotopic (exact) mass is 387 g/mol. The average molecular weight is 388 g/mol. The molecule has 1 heterocycles. The van der Waals surface area contributed by atoms with Crippen LogP contribution in [0.5, 0.6) is 0 Å². The predicted octanol–water partition coefficient (Wildman–Crippen LogP) is 3.74. The number of nitrogen functional groups attached to an aromatic ring is 1. The number of amides is 1. The minimum Gasteiger partial charge on any atom is -0.335 e. The Labute approximate surface area is 160 Å². The van der Waals surface area contributed by atoms with Gasteiger partial charge in [-0.2, -0.15) is 0 Å². The Bertz CT molecular complexity index is 926. The number of aromatic nitrogens is 3. The average Bonchev–Trinajstić information content (AvgIpc) is 2.98. The zero-order valence-electron chi connectivity index (χ0n) is 14.3. The highest BCUT2D eigenvalue weighted by Crippen LogP contribution is 2.27. The van der Waals surface area contributed by atoms with Gasteiger partial charge in [0, 0.05) is 16.3 Å². The van der Waals surface area contributed by atoms with Crippen molar-refractivity contribution in [2.45, 2.75) is 24.3 Å². The van der Waals surface area contributed by atoms with Crippen molar-refractivity contribution in [1.29, 1.82) is 0 Å². The number of nitrogens with zero attached hydrogens (tertiary/aromatic N) is 3. The summed E-state index contributed by atoms with van der Waals surface area (Å²) >= 11 is 7.10. The fraction of sp³-hybridized carbons (Fsp3) is 0.167. The van der Waals surface area contributed by atoms with E-state index in [2.05, 4.69) is 15.5 Å². The molecule has 134 valence electrons. The van der Waals surface area contributed by atoms with Crippen molar-refractivity contribution in [2.75, 3.05) is 11.2 Å². The molecular formula is C18H18ClN5OS. The number of hydrogen-bond acceptors (Lipinski definition) is 5. The molecule has 0 spiro atoms. The fourth-order valence-corrected chi connectivity index (χ4v) is 3.25. The molecule has 3 N–H and O–H groups in total. The SMILES string of the molecule is Cc1ccccc1-c1nnc(S[C@H](C)C(=O)Nc2ccc(Cl)cc2)n1N. The summed E-state index contributed by atoms with van der Waals surface area (Å²) in [5, 5.41) is 11.8. The molecule has 0 fully saturated rings. The molecule has 0 aliphatic carbocycles. The molecule has 0 saturated heterocycles. The van der Waals surface area contributed by atoms with Gasteiger partial charge < -0.3 is 11.2 Å². The maximum atomic E-state index is 12.4. The van der Waals surface area contributed by atoms with Crippen LogP contribution in [0.3, 0.4) is 0 Å². The number of rotatable bonds is 5. The largest absolute Gasteiger partial charge is 0.335 e. The van der Waals surface area contributed by atoms with Gasteiger partial charge in [0.25, 0.3) is 0 Å². The van der Waals surface area contributed by atoms with Crippen LogP contribution in [0.1, 0.15) is 12.5 Å². The second-order valence-corrected chi connectivity index (χ2v) is 7.49. The van der Waals surface area contributed by atoms with Crippen LogP contribution >= 0.6 is 23.4 Å². The third-order valence-electron chi connectivity index (χ3n) is 3.81. The molecule has 1 aromatic heterocycles. The summed E-state index contributed by atoms with van der Waals surface area (Å²) < 4.78 is 1.42. The number of carbonyl (C=O) groups is 1. The lowest BCUT2D eigenvalue weighted by Gasteiger charge is -2.12. The third-order valence-corrected chi connectivity index (χ3v) is 5.12. The number of benzene rings is 2. The van der Waals surface area contributed by atoms with Gasteiger partial charge in [-0.1, -0.05) is 47.6 Å². The van der Waals surface area contributed by atoms with Gasteiger partial charge in [-0.3, -0.25) is 4.79 Å². The van der Waals surface area contributed by atoms with Gasteiger partial charge in [0.05, 0.1) is 5.25 Å². The highest BCUT2D eigenvalue weighted by atomic mass is 35.5. The van der Waals surface area contributed by atoms with Crippen molar-refractivity contribution in [1.82, 2.24) is 14.9 Å². The van der Waals surface area contributed by atoms with Crippen molar-refractivity contribution >= 4 is 35.0 Å². The molecule has 8 heteroatoms. The smallest absolute Gasteiger partial charge is 0.237 e. The Kier molecular flexibility index (Phi) is 5.49. The fourth-order valence-electron chi connectivity index (χ4n) is 2.35. The van der Waals surface area contributed by atoms with E-state index < -0.39 is 5.25 Å². The van der Waals surface area contributed by atoms with E-state index in [0.717, 1.165) is 11.1 Å². The minimum atomic E-state index is -0.401. The van der Waals surface area contributed by atoms with Crippen molar-refractivity contribution < 1.29 is 4.79 Å². The maximum absolute atomic E-state index is 12.4. The van der Waals surface area contributed by atoms with Crippen molar-refractivity contribution in [3.05, 3.63) is 59.1 Å². The number of thioether (sulfide) groups is 1. The van der Waals surface area contributed by atoms with Crippen LogP contribution in [0.2, 0.25) is 5.02 Å². The Hall–Kier alpha value is -2.51. The second-order valence-electron chi connectivity index (χ2n) is 5.75. The molecule has 0 unspecified atom stereocenters. The van der Waals surface area contributed by atoms with E-state index in [9.17, 15) is 4.79 Å². The lowest BCUT2D eigenvalue weighted by atomic mass is 10.1. The molecular weight excluding hydrogens is 370 g/mol. The van der Waals surface area contributed by atoms with Crippen LogP contribution in [0.15, 0.2) is 53.7 Å². The Morgan fingerprint density at radius 2 is 1.88 bits per heavy atom. The predicted molar refractivity (Wildman–Crippen MR) is 106 cm³/mol. The maximum Gasteiger partial charge on any atom is 0.237 e. The van der Waals surface area contributed by atoms with Gasteiger partial charge >= 0.3 is 0 Å². The molecule has 0 aliphatic rings. The molecule has 1 amide bonds. The first kappa shape index (κ1) is 18.3. The van der Waals surface area contributed by atoms with E-state index in [1.807, 2.05) is 31.2 Å². The van der Waals surface area contributed by atoms with Gasteiger partial charge in [0.1, 0.15) is 0 Å². The van der Waals surface area contributed by atoms with Crippen LogP contribution in [-0.2, 0) is 4.79 Å². The van der Waals surface area contributed by atoms with E-state index in [1.54, 1.807) is 31.2 Å². The molecule has 0 radical (unpaired) electrons. The van der Waals surface area contributed by atoms with Gasteiger partial charge in [-0.15, -0.1) is 10.2 Å². The van der Waals surface area contributed by atoms with E-state index in [-0.39, 0.29) is 5.91 Å². The summed E-state index contributed by atoms with van der Waals surface area (Å²) in [6.07, 6.45) is 0. The number of nitrogens with two attached hydrogens (primary N) is 1. The number of hydrogen-bond donors (Lipinski definition) is 2. The number of carbonyl (C=O) groups excluding carboxylic acids is 1. The first-order valence-corrected chi connectivity index (χ1v) is 9.21. The molecule has 0 aliphatic heterocycles. The molecule has 26 heavy (non-hydrogen) atoms. The van der Waals surface area contributed by atoms with Crippen LogP contribution in [-0.4, -0.2) is 26.0 Å². The first-order valence-electron chi connectivity index (χ1n) is 7.95. The van der Waals surface area contributed by atoms with Crippen LogP contribution in [0.4, 0.5) is 5.69 Å². The standard InChI is InChI=1S/C18H18ClN5OS/c1-11-5-3-4-6-15(11)16-22-23-18(24(16)20)26-12(2)17(25)21-14-9-7-13(19)8-10-14/h3-10,12H,20H2,1-2H3,(H,21,25)/t12-/m1/s1. The highest BCUT2D eigenvalue weighted by Gasteiger charge is 2.20. The van der Waals surface area contributed by atoms with E-state index in [4.69, 9.17) is 17.4 Å². The van der Waals surface area contributed by atoms with Gasteiger partial charge in [0.2, 0.25) is 11.1 Å². The zero-order chi connectivity index (χ0) is 18.7. The number of nitrogens with one attached hydrogen (secondary N) is 1. The minimum absolute atomic E-state index is 0.155. The summed E-state index contributed by atoms with van der Waals surface area (Å²) in [6.45, 7) is 3.77. The first-order chi connectivity index (χ1) is 12.5. The molecule has 0 bridgehead atoms. The quantitative estimate of drug-likeness (QED) is 0.514. The van der Waals surface area contributed by atoms with E-state index in [1.165, 1.54) is 16.4 Å². The van der Waals surface area contributed by atoms with Crippen LogP contribution in [0.25, 0.3) is 11.4 Å².